The Morgan fingerprint density at radius 3 is 1.29 bits per heavy atom. The summed E-state index contributed by atoms with van der Waals surface area (Å²) in [5.74, 6) is 0. The van der Waals surface area contributed by atoms with Crippen LogP contribution in [-0.4, -0.2) is 49.1 Å². The summed E-state index contributed by atoms with van der Waals surface area (Å²) < 4.78 is 60.4. The summed E-state index contributed by atoms with van der Waals surface area (Å²) in [6, 6.07) is 0. The Morgan fingerprint density at radius 1 is 0.882 bits per heavy atom. The molecular formula is C9H16F3NO3S. The SMILES string of the molecule is C1CC[N+]2(C1)CCCC2.O=S(=O)([O-])C(F)(F)F. The molecule has 0 aromatic carbocycles. The van der Waals surface area contributed by atoms with Crippen LogP contribution in [0.3, 0.4) is 0 Å². The third kappa shape index (κ3) is 4.11. The molecule has 17 heavy (non-hydrogen) atoms. The zero-order chi connectivity index (χ0) is 13.2. The Bertz CT molecular complexity index is 323. The molecular weight excluding hydrogens is 259 g/mol. The van der Waals surface area contributed by atoms with Gasteiger partial charge in [-0.3, -0.25) is 0 Å². The topological polar surface area (TPSA) is 57.2 Å². The van der Waals surface area contributed by atoms with Crippen molar-refractivity contribution in [1.82, 2.24) is 0 Å². The number of hydrogen-bond acceptors (Lipinski definition) is 3. The van der Waals surface area contributed by atoms with Crippen molar-refractivity contribution in [1.29, 1.82) is 0 Å². The second kappa shape index (κ2) is 5.11. The molecule has 0 unspecified atom stereocenters. The molecule has 0 N–H and O–H groups in total. The van der Waals surface area contributed by atoms with Crippen LogP contribution in [0.25, 0.3) is 0 Å². The monoisotopic (exact) mass is 275 g/mol. The maximum Gasteiger partial charge on any atom is 0.485 e. The molecule has 2 saturated heterocycles. The third-order valence-corrected chi connectivity index (χ3v) is 3.88. The van der Waals surface area contributed by atoms with Crippen molar-refractivity contribution < 1.29 is 30.6 Å². The minimum absolute atomic E-state index is 1.50. The highest BCUT2D eigenvalue weighted by molar-refractivity contribution is 7.86. The van der Waals surface area contributed by atoms with Crippen molar-refractivity contribution in [2.45, 2.75) is 31.2 Å². The molecule has 0 radical (unpaired) electrons. The summed E-state index contributed by atoms with van der Waals surface area (Å²) in [7, 11) is -6.09. The van der Waals surface area contributed by atoms with Crippen molar-refractivity contribution in [3.8, 4) is 0 Å². The lowest BCUT2D eigenvalue weighted by Gasteiger charge is -2.27. The highest BCUT2D eigenvalue weighted by Gasteiger charge is 2.37. The normalized spacial score (nSPS) is 23.5. The van der Waals surface area contributed by atoms with E-state index in [-0.39, 0.29) is 0 Å². The summed E-state index contributed by atoms with van der Waals surface area (Å²) in [5.41, 5.74) is -5.65. The molecule has 2 heterocycles. The van der Waals surface area contributed by atoms with Crippen molar-refractivity contribution in [3.05, 3.63) is 0 Å². The number of nitrogens with zero attached hydrogens (tertiary/aromatic N) is 1. The fourth-order valence-electron chi connectivity index (χ4n) is 2.46. The van der Waals surface area contributed by atoms with Crippen molar-refractivity contribution in [3.63, 3.8) is 0 Å². The van der Waals surface area contributed by atoms with E-state index in [1.807, 2.05) is 0 Å². The van der Waals surface area contributed by atoms with Gasteiger partial charge in [-0.2, -0.15) is 13.2 Å². The molecule has 0 amide bonds. The van der Waals surface area contributed by atoms with Gasteiger partial charge in [0.2, 0.25) is 0 Å². The lowest BCUT2D eigenvalue weighted by atomic mass is 10.4. The number of quaternary nitrogens is 1. The van der Waals surface area contributed by atoms with Gasteiger partial charge in [0, 0.05) is 25.7 Å². The lowest BCUT2D eigenvalue weighted by molar-refractivity contribution is -0.904. The van der Waals surface area contributed by atoms with Crippen LogP contribution in [-0.2, 0) is 10.1 Å². The highest BCUT2D eigenvalue weighted by atomic mass is 32.2. The molecule has 0 saturated carbocycles. The van der Waals surface area contributed by atoms with E-state index in [9.17, 15) is 13.2 Å². The van der Waals surface area contributed by atoms with Gasteiger partial charge in [-0.25, -0.2) is 8.42 Å². The van der Waals surface area contributed by atoms with E-state index in [4.69, 9.17) is 13.0 Å². The van der Waals surface area contributed by atoms with Crippen LogP contribution in [0, 0.1) is 0 Å². The minimum Gasteiger partial charge on any atom is -0.741 e. The smallest absolute Gasteiger partial charge is 0.485 e. The van der Waals surface area contributed by atoms with Gasteiger partial charge >= 0.3 is 5.51 Å². The molecule has 0 aromatic heterocycles. The second-order valence-corrected chi connectivity index (χ2v) is 5.92. The highest BCUT2D eigenvalue weighted by Crippen LogP contribution is 2.25. The third-order valence-electron chi connectivity index (χ3n) is 3.31. The van der Waals surface area contributed by atoms with Crippen LogP contribution in [0.1, 0.15) is 25.7 Å². The van der Waals surface area contributed by atoms with Gasteiger partial charge in [-0.15, -0.1) is 0 Å². The summed E-state index contributed by atoms with van der Waals surface area (Å²) in [6.07, 6.45) is 6.00. The van der Waals surface area contributed by atoms with E-state index in [0.29, 0.717) is 0 Å². The molecule has 2 fully saturated rings. The molecule has 0 atom stereocenters. The van der Waals surface area contributed by atoms with Gasteiger partial charge < -0.3 is 9.04 Å². The number of rotatable bonds is 0. The number of halogens is 3. The molecule has 2 aliphatic rings. The van der Waals surface area contributed by atoms with Gasteiger partial charge in [0.15, 0.2) is 10.1 Å². The lowest BCUT2D eigenvalue weighted by Crippen LogP contribution is -2.41. The predicted octanol–water partition coefficient (Wildman–Crippen LogP) is 1.44. The molecule has 0 aromatic rings. The van der Waals surface area contributed by atoms with Crippen molar-refractivity contribution >= 4 is 10.1 Å². The van der Waals surface area contributed by atoms with Gasteiger partial charge in [-0.1, -0.05) is 0 Å². The first kappa shape index (κ1) is 14.7. The van der Waals surface area contributed by atoms with Gasteiger partial charge in [0.1, 0.15) is 0 Å². The van der Waals surface area contributed by atoms with E-state index in [1.165, 1.54) is 56.3 Å². The van der Waals surface area contributed by atoms with Gasteiger partial charge in [0.25, 0.3) is 0 Å². The van der Waals surface area contributed by atoms with E-state index in [1.54, 1.807) is 0 Å². The molecule has 2 rings (SSSR count). The summed E-state index contributed by atoms with van der Waals surface area (Å²) in [5, 5.41) is 0. The molecule has 0 bridgehead atoms. The fourth-order valence-corrected chi connectivity index (χ4v) is 2.46. The molecule has 0 aliphatic carbocycles. The van der Waals surface area contributed by atoms with Crippen LogP contribution in [0.15, 0.2) is 0 Å². The summed E-state index contributed by atoms with van der Waals surface area (Å²) >= 11 is 0. The second-order valence-electron chi connectivity index (χ2n) is 4.55. The molecule has 8 heteroatoms. The van der Waals surface area contributed by atoms with Crippen LogP contribution < -0.4 is 0 Å². The summed E-state index contributed by atoms with van der Waals surface area (Å²) in [4.78, 5) is 0. The Balaban J connectivity index is 0.000000172. The Labute approximate surface area is 98.7 Å². The average molecular weight is 275 g/mol. The molecule has 102 valence electrons. The van der Waals surface area contributed by atoms with E-state index in [0.717, 1.165) is 0 Å². The average Bonchev–Trinajstić information content (AvgIpc) is 2.77. The largest absolute Gasteiger partial charge is 0.741 e. The first-order valence-electron chi connectivity index (χ1n) is 5.54. The zero-order valence-corrected chi connectivity index (χ0v) is 10.2. The molecule has 4 nitrogen and oxygen atoms in total. The van der Waals surface area contributed by atoms with Crippen LogP contribution in [0.2, 0.25) is 0 Å². The fraction of sp³-hybridized carbons (Fsp3) is 1.00. The van der Waals surface area contributed by atoms with Crippen LogP contribution >= 0.6 is 0 Å². The maximum absolute atomic E-state index is 10.7. The Hall–Kier alpha value is -0.340. The maximum atomic E-state index is 10.7. The van der Waals surface area contributed by atoms with E-state index in [2.05, 4.69) is 0 Å². The molecule has 1 spiro atoms. The van der Waals surface area contributed by atoms with Gasteiger partial charge in [-0.05, 0) is 0 Å². The number of hydrogen-bond donors (Lipinski definition) is 0. The number of alkyl halides is 3. The molecule has 2 aliphatic heterocycles. The Kier molecular flexibility index (Phi) is 4.43. The quantitative estimate of drug-likeness (QED) is 0.382. The minimum atomic E-state index is -6.09. The zero-order valence-electron chi connectivity index (χ0n) is 9.37. The van der Waals surface area contributed by atoms with Crippen LogP contribution in [0.5, 0.6) is 0 Å². The standard InChI is InChI=1S/C8H16N.CHF3O3S/c1-2-6-9(5-1)7-3-4-8-9;2-1(3,4)8(5,6)7/h1-8H2;(H,5,6,7)/q+1;/p-1. The van der Waals surface area contributed by atoms with Gasteiger partial charge in [0.05, 0.1) is 26.2 Å². The van der Waals surface area contributed by atoms with Crippen LogP contribution in [0.4, 0.5) is 13.2 Å². The summed E-state index contributed by atoms with van der Waals surface area (Å²) in [6.45, 7) is 6.00. The van der Waals surface area contributed by atoms with E-state index < -0.39 is 15.6 Å². The van der Waals surface area contributed by atoms with Crippen molar-refractivity contribution in [2.24, 2.45) is 0 Å². The van der Waals surface area contributed by atoms with E-state index >= 15 is 0 Å². The van der Waals surface area contributed by atoms with Crippen molar-refractivity contribution in [2.75, 3.05) is 26.2 Å². The predicted molar refractivity (Wildman–Crippen MR) is 53.9 cm³/mol. The first-order valence-corrected chi connectivity index (χ1v) is 6.94. The first-order chi connectivity index (χ1) is 7.66. The Morgan fingerprint density at radius 2 is 1.12 bits per heavy atom.